The predicted octanol–water partition coefficient (Wildman–Crippen LogP) is 21.9. The number of aliphatic hydroxyl groups is 1. The third-order valence-electron chi connectivity index (χ3n) is 17.1. The van der Waals surface area contributed by atoms with Crippen molar-refractivity contribution >= 4 is 39.5 Å². The maximum Gasteiger partial charge on any atom is 0.472 e. The number of esters is 4. The van der Waals surface area contributed by atoms with E-state index in [9.17, 15) is 43.2 Å². The minimum atomic E-state index is -4.96. The van der Waals surface area contributed by atoms with Gasteiger partial charge in [0, 0.05) is 25.7 Å². The molecular weight excluding hydrogens is 1250 g/mol. The van der Waals surface area contributed by atoms with Crippen LogP contribution in [0.5, 0.6) is 0 Å². The van der Waals surface area contributed by atoms with E-state index in [-0.39, 0.29) is 25.7 Å². The summed E-state index contributed by atoms with van der Waals surface area (Å²) in [6, 6.07) is 0. The predicted molar refractivity (Wildman–Crippen MR) is 386 cm³/mol. The van der Waals surface area contributed by atoms with Crippen LogP contribution in [0.4, 0.5) is 0 Å². The molecule has 2 unspecified atom stereocenters. The van der Waals surface area contributed by atoms with Crippen molar-refractivity contribution in [2.45, 2.75) is 387 Å². The largest absolute Gasteiger partial charge is 0.472 e. The lowest BCUT2D eigenvalue weighted by atomic mass is 10.0. The number of allylic oxidation sites excluding steroid dienone is 4. The third-order valence-corrected chi connectivity index (χ3v) is 19.0. The summed E-state index contributed by atoms with van der Waals surface area (Å²) in [6.45, 7) is 9.49. The SMILES string of the molecule is CCCCCC/C=C\C=C/CCCCCCCC(=O)OC[C@H](COP(=O)(O)OC[C@@H](O)COP(=O)(O)OC[C@@H](COC(=O)CCCCCCCCCC(C)C)OC(=O)CCCCCCCCCCCCC)OC(=O)CCCCCCCCCCCCCCCCCCC(C)C. The fourth-order valence-corrected chi connectivity index (χ4v) is 12.7. The molecule has 0 fully saturated rings. The van der Waals surface area contributed by atoms with Gasteiger partial charge in [-0.25, -0.2) is 9.13 Å². The Morgan fingerprint density at radius 1 is 0.326 bits per heavy atom. The molecule has 0 amide bonds. The monoisotopic (exact) mass is 1390 g/mol. The lowest BCUT2D eigenvalue weighted by Crippen LogP contribution is -2.30. The minimum absolute atomic E-state index is 0.101. The Hall–Kier alpha value is -2.46. The van der Waals surface area contributed by atoms with Gasteiger partial charge in [0.2, 0.25) is 0 Å². The molecule has 5 atom stereocenters. The van der Waals surface area contributed by atoms with Gasteiger partial charge in [0.05, 0.1) is 26.4 Å². The number of unbranched alkanes of at least 4 members (excludes halogenated alkanes) is 40. The van der Waals surface area contributed by atoms with Crippen molar-refractivity contribution in [1.82, 2.24) is 0 Å². The summed E-state index contributed by atoms with van der Waals surface area (Å²) < 4.78 is 68.4. The first-order valence-corrected chi connectivity index (χ1v) is 41.8. The van der Waals surface area contributed by atoms with Gasteiger partial charge >= 0.3 is 39.5 Å². The fraction of sp³-hybridized carbons (Fsp3) is 0.895. The molecule has 95 heavy (non-hydrogen) atoms. The second kappa shape index (κ2) is 67.4. The van der Waals surface area contributed by atoms with E-state index in [4.69, 9.17) is 37.0 Å². The van der Waals surface area contributed by atoms with Gasteiger partial charge < -0.3 is 33.8 Å². The molecule has 0 rings (SSSR count). The topological polar surface area (TPSA) is 237 Å². The Balaban J connectivity index is 5.26. The Bertz CT molecular complexity index is 1930. The summed E-state index contributed by atoms with van der Waals surface area (Å²) in [5.41, 5.74) is 0. The Kier molecular flexibility index (Phi) is 65.6. The molecule has 0 aromatic heterocycles. The molecule has 0 heterocycles. The molecule has 17 nitrogen and oxygen atoms in total. The molecule has 0 aliphatic heterocycles. The molecule has 0 aliphatic carbocycles. The van der Waals surface area contributed by atoms with Crippen molar-refractivity contribution in [3.63, 3.8) is 0 Å². The van der Waals surface area contributed by atoms with E-state index in [1.807, 2.05) is 0 Å². The lowest BCUT2D eigenvalue weighted by Gasteiger charge is -2.21. The van der Waals surface area contributed by atoms with Crippen LogP contribution in [0.2, 0.25) is 0 Å². The van der Waals surface area contributed by atoms with Gasteiger partial charge in [-0.05, 0) is 63.2 Å². The van der Waals surface area contributed by atoms with Crippen molar-refractivity contribution < 1.29 is 80.2 Å². The van der Waals surface area contributed by atoms with Crippen molar-refractivity contribution in [3.05, 3.63) is 24.3 Å². The highest BCUT2D eigenvalue weighted by molar-refractivity contribution is 7.47. The number of carbonyl (C=O) groups is 4. The molecule has 3 N–H and O–H groups in total. The maximum atomic E-state index is 13.1. The Morgan fingerprint density at radius 3 is 0.863 bits per heavy atom. The molecule has 560 valence electrons. The molecule has 0 bridgehead atoms. The molecule has 0 spiro atoms. The van der Waals surface area contributed by atoms with Crippen LogP contribution in [-0.4, -0.2) is 96.7 Å². The van der Waals surface area contributed by atoms with Gasteiger partial charge in [-0.3, -0.25) is 37.3 Å². The first kappa shape index (κ1) is 92.5. The van der Waals surface area contributed by atoms with Crippen LogP contribution in [0.1, 0.15) is 369 Å². The van der Waals surface area contributed by atoms with Gasteiger partial charge in [-0.15, -0.1) is 0 Å². The van der Waals surface area contributed by atoms with Crippen LogP contribution in [0.25, 0.3) is 0 Å². The third kappa shape index (κ3) is 69.8. The quantitative estimate of drug-likeness (QED) is 0.0169. The molecule has 0 aromatic rings. The van der Waals surface area contributed by atoms with Crippen molar-refractivity contribution in [2.75, 3.05) is 39.6 Å². The van der Waals surface area contributed by atoms with Crippen molar-refractivity contribution in [3.8, 4) is 0 Å². The highest BCUT2D eigenvalue weighted by Gasteiger charge is 2.30. The van der Waals surface area contributed by atoms with Gasteiger partial charge in [0.1, 0.15) is 19.3 Å². The molecule has 0 aromatic carbocycles. The van der Waals surface area contributed by atoms with E-state index in [0.717, 1.165) is 121 Å². The van der Waals surface area contributed by atoms with Crippen molar-refractivity contribution in [1.29, 1.82) is 0 Å². The summed E-state index contributed by atoms with van der Waals surface area (Å²) in [6.07, 6.45) is 57.7. The molecule has 0 saturated carbocycles. The van der Waals surface area contributed by atoms with E-state index < -0.39 is 97.5 Å². The van der Waals surface area contributed by atoms with Crippen LogP contribution in [0, 0.1) is 11.8 Å². The van der Waals surface area contributed by atoms with Gasteiger partial charge in [0.15, 0.2) is 12.2 Å². The number of hydrogen-bond donors (Lipinski definition) is 3. The zero-order valence-electron chi connectivity index (χ0n) is 61.5. The van der Waals surface area contributed by atoms with Gasteiger partial charge in [0.25, 0.3) is 0 Å². The van der Waals surface area contributed by atoms with Crippen LogP contribution in [0.15, 0.2) is 24.3 Å². The summed E-state index contributed by atoms with van der Waals surface area (Å²) in [4.78, 5) is 72.7. The molecule has 19 heteroatoms. The molecule has 0 aliphatic rings. The number of aliphatic hydroxyl groups excluding tert-OH is 1. The fourth-order valence-electron chi connectivity index (χ4n) is 11.1. The number of ether oxygens (including phenoxy) is 4. The summed E-state index contributed by atoms with van der Waals surface area (Å²) in [7, 11) is -9.92. The lowest BCUT2D eigenvalue weighted by molar-refractivity contribution is -0.161. The molecular formula is C76H144O17P2. The van der Waals surface area contributed by atoms with E-state index >= 15 is 0 Å². The highest BCUT2D eigenvalue weighted by atomic mass is 31.2. The number of carbonyl (C=O) groups excluding carboxylic acids is 4. The van der Waals surface area contributed by atoms with E-state index in [0.29, 0.717) is 31.6 Å². The summed E-state index contributed by atoms with van der Waals surface area (Å²) >= 11 is 0. The van der Waals surface area contributed by atoms with Crippen LogP contribution < -0.4 is 0 Å². The van der Waals surface area contributed by atoms with E-state index in [1.165, 1.54) is 161 Å². The zero-order valence-corrected chi connectivity index (χ0v) is 63.2. The first-order chi connectivity index (χ1) is 45.9. The van der Waals surface area contributed by atoms with Crippen molar-refractivity contribution in [2.24, 2.45) is 11.8 Å². The van der Waals surface area contributed by atoms with Crippen LogP contribution in [0.3, 0.4) is 0 Å². The second-order valence-electron chi connectivity index (χ2n) is 27.7. The van der Waals surface area contributed by atoms with Crippen LogP contribution in [-0.2, 0) is 65.4 Å². The minimum Gasteiger partial charge on any atom is -0.462 e. The van der Waals surface area contributed by atoms with Crippen LogP contribution >= 0.6 is 15.6 Å². The number of phosphoric acid groups is 2. The standard InChI is InChI=1S/C76H144O17P2/c1-7-9-11-13-15-17-19-20-23-27-31-34-40-46-52-58-73(78)86-64-71(92-76(81)61-55-49-42-36-32-28-25-22-21-24-26-30-33-38-44-50-56-68(3)4)66-90-94(82,83)88-62-70(77)63-89-95(84,85)91-67-72(65-87-74(79)59-53-47-43-37-39-45-51-57-69(5)6)93-75(80)60-54-48-41-35-29-18-16-14-12-10-8-2/h17,19-20,23,68-72,77H,7-16,18,21-22,24-67H2,1-6H3,(H,82,83)(H,84,85)/b19-17-,23-20-/t70-,71-,72-/m1/s1. The molecule has 0 saturated heterocycles. The maximum absolute atomic E-state index is 13.1. The Morgan fingerprint density at radius 2 is 0.568 bits per heavy atom. The van der Waals surface area contributed by atoms with Gasteiger partial charge in [-0.2, -0.15) is 0 Å². The number of hydrogen-bond acceptors (Lipinski definition) is 15. The van der Waals surface area contributed by atoms with E-state index in [1.54, 1.807) is 0 Å². The first-order valence-electron chi connectivity index (χ1n) is 38.8. The van der Waals surface area contributed by atoms with E-state index in [2.05, 4.69) is 65.8 Å². The Labute approximate surface area is 580 Å². The average Bonchev–Trinajstić information content (AvgIpc) is 1.60. The number of phosphoric ester groups is 2. The normalized spacial score (nSPS) is 14.2. The summed E-state index contributed by atoms with van der Waals surface area (Å²) in [5.74, 6) is -0.636. The second-order valence-corrected chi connectivity index (χ2v) is 30.6. The highest BCUT2D eigenvalue weighted by Crippen LogP contribution is 2.45. The zero-order chi connectivity index (χ0) is 70.0. The average molecular weight is 1390 g/mol. The molecule has 0 radical (unpaired) electrons. The summed E-state index contributed by atoms with van der Waals surface area (Å²) in [5, 5.41) is 10.6. The van der Waals surface area contributed by atoms with Gasteiger partial charge in [-0.1, -0.05) is 316 Å². The smallest absolute Gasteiger partial charge is 0.462 e. The number of rotatable bonds is 73.